The molecule has 0 saturated carbocycles. The van der Waals surface area contributed by atoms with Crippen LogP contribution in [0.4, 0.5) is 10.5 Å². The van der Waals surface area contributed by atoms with Crippen molar-refractivity contribution in [3.63, 3.8) is 0 Å². The Kier molecular flexibility index (Phi) is 4.06. The van der Waals surface area contributed by atoms with Gasteiger partial charge in [-0.15, -0.1) is 0 Å². The highest BCUT2D eigenvalue weighted by Gasteiger charge is 2.28. The second kappa shape index (κ2) is 5.63. The number of phenols is 1. The lowest BCUT2D eigenvalue weighted by molar-refractivity contribution is 0.0697. The summed E-state index contributed by atoms with van der Waals surface area (Å²) in [5.41, 5.74) is 0.303. The number of piperidine rings is 1. The maximum Gasteiger partial charge on any atom is 0.337 e. The molecule has 0 radical (unpaired) electrons. The smallest absolute Gasteiger partial charge is 0.337 e. The molecular weight excluding hydrogens is 272 g/mol. The summed E-state index contributed by atoms with van der Waals surface area (Å²) in [4.78, 5) is 25.0. The number of carboxylic acids is 1. The Bertz CT molecular complexity index is 559. The van der Waals surface area contributed by atoms with Gasteiger partial charge in [-0.1, -0.05) is 13.8 Å². The largest absolute Gasteiger partial charge is 0.508 e. The number of likely N-dealkylation sites (tertiary alicyclic amines) is 1. The van der Waals surface area contributed by atoms with E-state index in [0.717, 1.165) is 18.9 Å². The average molecular weight is 292 g/mol. The molecule has 0 bridgehead atoms. The third-order valence-corrected chi connectivity index (χ3v) is 3.88. The molecule has 1 aromatic rings. The lowest BCUT2D eigenvalue weighted by Gasteiger charge is -2.36. The lowest BCUT2D eigenvalue weighted by Crippen LogP contribution is -2.43. The molecule has 0 aliphatic carbocycles. The van der Waals surface area contributed by atoms with Crippen LogP contribution in [0, 0.1) is 5.41 Å². The summed E-state index contributed by atoms with van der Waals surface area (Å²) >= 11 is 0. The van der Waals surface area contributed by atoms with Gasteiger partial charge in [0.2, 0.25) is 0 Å². The number of carboxylic acid groups (broad SMARTS) is 1. The highest BCUT2D eigenvalue weighted by atomic mass is 16.4. The second-order valence-electron chi connectivity index (χ2n) is 6.12. The summed E-state index contributed by atoms with van der Waals surface area (Å²) in [5.74, 6) is -1.34. The topological polar surface area (TPSA) is 89.9 Å². The van der Waals surface area contributed by atoms with Crippen LogP contribution in [0.5, 0.6) is 5.75 Å². The lowest BCUT2D eigenvalue weighted by atomic mass is 9.83. The number of amides is 2. The summed E-state index contributed by atoms with van der Waals surface area (Å²) in [7, 11) is 0. The predicted molar refractivity (Wildman–Crippen MR) is 78.7 cm³/mol. The van der Waals surface area contributed by atoms with Crippen molar-refractivity contribution in [3.05, 3.63) is 23.8 Å². The van der Waals surface area contributed by atoms with E-state index in [1.165, 1.54) is 12.1 Å². The maximum atomic E-state index is 12.2. The first kappa shape index (κ1) is 15.2. The first-order valence-corrected chi connectivity index (χ1v) is 6.91. The van der Waals surface area contributed by atoms with Gasteiger partial charge < -0.3 is 20.4 Å². The first-order chi connectivity index (χ1) is 9.78. The summed E-state index contributed by atoms with van der Waals surface area (Å²) < 4.78 is 0. The van der Waals surface area contributed by atoms with Crippen LogP contribution in [0.25, 0.3) is 0 Å². The van der Waals surface area contributed by atoms with E-state index in [0.29, 0.717) is 13.1 Å². The Morgan fingerprint density at radius 1 is 1.24 bits per heavy atom. The van der Waals surface area contributed by atoms with Crippen molar-refractivity contribution in [2.75, 3.05) is 18.4 Å². The van der Waals surface area contributed by atoms with Crippen LogP contribution >= 0.6 is 0 Å². The maximum absolute atomic E-state index is 12.2. The van der Waals surface area contributed by atoms with Crippen LogP contribution < -0.4 is 5.32 Å². The third-order valence-electron chi connectivity index (χ3n) is 3.88. The number of nitrogens with zero attached hydrogens (tertiary/aromatic N) is 1. The standard InChI is InChI=1S/C15H20N2O4/c1-15(2)5-7-17(8-6-15)14(21)16-12-4-3-10(18)9-11(12)13(19)20/h3-4,9,18H,5-8H2,1-2H3,(H,16,21)(H,19,20). The SMILES string of the molecule is CC1(C)CCN(C(=O)Nc2ccc(O)cc2C(=O)O)CC1. The molecular formula is C15H20N2O4. The van der Waals surface area contributed by atoms with Crippen LogP contribution in [0.3, 0.4) is 0 Å². The molecule has 0 spiro atoms. The van der Waals surface area contributed by atoms with E-state index in [2.05, 4.69) is 19.2 Å². The molecule has 0 atom stereocenters. The zero-order valence-electron chi connectivity index (χ0n) is 12.2. The third kappa shape index (κ3) is 3.65. The van der Waals surface area contributed by atoms with Crippen molar-refractivity contribution < 1.29 is 19.8 Å². The fourth-order valence-electron chi connectivity index (χ4n) is 2.33. The van der Waals surface area contributed by atoms with Crippen molar-refractivity contribution in [1.29, 1.82) is 0 Å². The number of rotatable bonds is 2. The molecule has 2 amide bonds. The quantitative estimate of drug-likeness (QED) is 0.731. The van der Waals surface area contributed by atoms with Gasteiger partial charge in [-0.25, -0.2) is 9.59 Å². The molecule has 3 N–H and O–H groups in total. The number of benzene rings is 1. The van der Waals surface area contributed by atoms with Gasteiger partial charge in [0, 0.05) is 13.1 Å². The van der Waals surface area contributed by atoms with Gasteiger partial charge in [-0.2, -0.15) is 0 Å². The molecule has 1 heterocycles. The number of hydrogen-bond donors (Lipinski definition) is 3. The van der Waals surface area contributed by atoms with Crippen LogP contribution in [-0.4, -0.2) is 40.2 Å². The van der Waals surface area contributed by atoms with E-state index in [9.17, 15) is 14.7 Å². The van der Waals surface area contributed by atoms with Gasteiger partial charge in [0.05, 0.1) is 11.3 Å². The van der Waals surface area contributed by atoms with E-state index in [-0.39, 0.29) is 28.4 Å². The number of aromatic carboxylic acids is 1. The van der Waals surface area contributed by atoms with Crippen LogP contribution in [0.15, 0.2) is 18.2 Å². The monoisotopic (exact) mass is 292 g/mol. The molecule has 2 rings (SSSR count). The van der Waals surface area contributed by atoms with E-state index < -0.39 is 5.97 Å². The molecule has 1 aliphatic heterocycles. The predicted octanol–water partition coefficient (Wildman–Crippen LogP) is 2.74. The number of anilines is 1. The average Bonchev–Trinajstić information content (AvgIpc) is 2.40. The highest BCUT2D eigenvalue weighted by molar-refractivity contribution is 6.00. The summed E-state index contributed by atoms with van der Waals surface area (Å²) in [6.07, 6.45) is 1.84. The number of hydrogen-bond acceptors (Lipinski definition) is 3. The minimum absolute atomic E-state index is 0.124. The van der Waals surface area contributed by atoms with Gasteiger partial charge in [0.15, 0.2) is 0 Å². The van der Waals surface area contributed by atoms with Gasteiger partial charge in [0.1, 0.15) is 5.75 Å². The zero-order chi connectivity index (χ0) is 15.6. The summed E-state index contributed by atoms with van der Waals surface area (Å²) in [5, 5.41) is 21.1. The number of carbonyl (C=O) groups is 2. The van der Waals surface area contributed by atoms with Gasteiger partial charge >= 0.3 is 12.0 Å². The molecule has 1 fully saturated rings. The van der Waals surface area contributed by atoms with Gasteiger partial charge in [-0.3, -0.25) is 0 Å². The zero-order valence-corrected chi connectivity index (χ0v) is 12.2. The molecule has 1 aromatic carbocycles. The van der Waals surface area contributed by atoms with Crippen LogP contribution in [-0.2, 0) is 0 Å². The summed E-state index contributed by atoms with van der Waals surface area (Å²) in [6, 6.07) is 3.56. The Hall–Kier alpha value is -2.24. The minimum atomic E-state index is -1.19. The summed E-state index contributed by atoms with van der Waals surface area (Å²) in [6.45, 7) is 5.65. The van der Waals surface area contributed by atoms with E-state index >= 15 is 0 Å². The molecule has 1 saturated heterocycles. The van der Waals surface area contributed by atoms with E-state index in [4.69, 9.17) is 5.11 Å². The van der Waals surface area contributed by atoms with Gasteiger partial charge in [0.25, 0.3) is 0 Å². The van der Waals surface area contributed by atoms with Gasteiger partial charge in [-0.05, 0) is 36.5 Å². The second-order valence-corrected chi connectivity index (χ2v) is 6.12. The number of carbonyl (C=O) groups excluding carboxylic acids is 1. The van der Waals surface area contributed by atoms with Crippen LogP contribution in [0.1, 0.15) is 37.0 Å². The number of nitrogens with one attached hydrogen (secondary N) is 1. The number of aromatic hydroxyl groups is 1. The molecule has 1 aliphatic rings. The molecule has 21 heavy (non-hydrogen) atoms. The molecule has 114 valence electrons. The van der Waals surface area contributed by atoms with Crippen molar-refractivity contribution in [2.45, 2.75) is 26.7 Å². The Morgan fingerprint density at radius 2 is 1.86 bits per heavy atom. The van der Waals surface area contributed by atoms with Crippen LogP contribution in [0.2, 0.25) is 0 Å². The van der Waals surface area contributed by atoms with Crippen molar-refractivity contribution >= 4 is 17.7 Å². The van der Waals surface area contributed by atoms with Crippen molar-refractivity contribution in [2.24, 2.45) is 5.41 Å². The normalized spacial score (nSPS) is 17.3. The molecule has 0 aromatic heterocycles. The van der Waals surface area contributed by atoms with Crippen molar-refractivity contribution in [3.8, 4) is 5.75 Å². The fourth-order valence-corrected chi connectivity index (χ4v) is 2.33. The Morgan fingerprint density at radius 3 is 2.43 bits per heavy atom. The minimum Gasteiger partial charge on any atom is -0.508 e. The van der Waals surface area contributed by atoms with E-state index in [1.54, 1.807) is 4.90 Å². The Labute approximate surface area is 123 Å². The molecule has 0 unspecified atom stereocenters. The number of phenolic OH excluding ortho intramolecular Hbond substituents is 1. The molecule has 6 nitrogen and oxygen atoms in total. The highest BCUT2D eigenvalue weighted by Crippen LogP contribution is 2.30. The molecule has 6 heteroatoms. The first-order valence-electron chi connectivity index (χ1n) is 6.91. The van der Waals surface area contributed by atoms with Crippen molar-refractivity contribution in [1.82, 2.24) is 4.90 Å². The van der Waals surface area contributed by atoms with E-state index in [1.807, 2.05) is 0 Å². The number of urea groups is 1. The Balaban J connectivity index is 2.08. The fraction of sp³-hybridized carbons (Fsp3) is 0.467.